The Kier molecular flexibility index (Phi) is 5.26. The third-order valence-corrected chi connectivity index (χ3v) is 5.32. The van der Waals surface area contributed by atoms with E-state index in [9.17, 15) is 0 Å². The van der Waals surface area contributed by atoms with Crippen molar-refractivity contribution in [3.8, 4) is 11.1 Å². The molecule has 0 spiro atoms. The summed E-state index contributed by atoms with van der Waals surface area (Å²) in [5.41, 5.74) is 6.38. The van der Waals surface area contributed by atoms with Crippen molar-refractivity contribution in [1.29, 1.82) is 0 Å². The maximum atomic E-state index is 5.44. The summed E-state index contributed by atoms with van der Waals surface area (Å²) >= 11 is 0. The summed E-state index contributed by atoms with van der Waals surface area (Å²) in [6.45, 7) is 7.50. The average molecular weight is 361 g/mol. The van der Waals surface area contributed by atoms with Crippen LogP contribution in [0.1, 0.15) is 42.7 Å². The van der Waals surface area contributed by atoms with Gasteiger partial charge >= 0.3 is 0 Å². The largest absolute Gasteiger partial charge is 0.465 e. The van der Waals surface area contributed by atoms with Crippen LogP contribution in [-0.2, 0) is 0 Å². The van der Waals surface area contributed by atoms with Crippen LogP contribution in [0.2, 0.25) is 0 Å². The smallest absolute Gasteiger partial charge is 0.126 e. The van der Waals surface area contributed by atoms with Crippen LogP contribution in [0.15, 0.2) is 58.8 Å². The molecule has 1 atom stereocenters. The van der Waals surface area contributed by atoms with Gasteiger partial charge in [-0.15, -0.1) is 0 Å². The number of aryl methyl sites for hydroxylation is 1. The van der Waals surface area contributed by atoms with Crippen molar-refractivity contribution < 1.29 is 4.42 Å². The van der Waals surface area contributed by atoms with Crippen molar-refractivity contribution in [2.45, 2.75) is 32.6 Å². The minimum absolute atomic E-state index is 0.494. The van der Waals surface area contributed by atoms with E-state index < -0.39 is 0 Å². The van der Waals surface area contributed by atoms with Gasteiger partial charge in [0.1, 0.15) is 5.76 Å². The van der Waals surface area contributed by atoms with E-state index in [-0.39, 0.29) is 0 Å². The van der Waals surface area contributed by atoms with E-state index in [2.05, 4.69) is 59.3 Å². The number of furan rings is 1. The SMILES string of the molecule is CC(=Cc1ccco1)CN1CCCC(c2[nH]ncc2-c2cccc(C)c2)C1. The summed E-state index contributed by atoms with van der Waals surface area (Å²) in [5.74, 6) is 1.42. The second-order valence-electron chi connectivity index (χ2n) is 7.65. The predicted octanol–water partition coefficient (Wildman–Crippen LogP) is 5.26. The molecular formula is C23H27N3O. The highest BCUT2D eigenvalue weighted by atomic mass is 16.3. The molecule has 140 valence electrons. The lowest BCUT2D eigenvalue weighted by molar-refractivity contribution is 0.222. The van der Waals surface area contributed by atoms with E-state index >= 15 is 0 Å². The molecule has 2 aromatic heterocycles. The lowest BCUT2D eigenvalue weighted by Crippen LogP contribution is -2.35. The second-order valence-corrected chi connectivity index (χ2v) is 7.65. The molecule has 1 aromatic carbocycles. The number of aromatic amines is 1. The number of rotatable bonds is 5. The van der Waals surface area contributed by atoms with Crippen molar-refractivity contribution in [3.63, 3.8) is 0 Å². The Labute approximate surface area is 160 Å². The van der Waals surface area contributed by atoms with Crippen LogP contribution in [0.25, 0.3) is 17.2 Å². The van der Waals surface area contributed by atoms with Gasteiger partial charge < -0.3 is 4.42 Å². The average Bonchev–Trinajstić information content (AvgIpc) is 3.33. The second kappa shape index (κ2) is 7.97. The number of nitrogens with one attached hydrogen (secondary N) is 1. The summed E-state index contributed by atoms with van der Waals surface area (Å²) in [6.07, 6.45) is 8.26. The van der Waals surface area contributed by atoms with Crippen molar-refractivity contribution >= 4 is 6.08 Å². The molecule has 1 aliphatic heterocycles. The van der Waals surface area contributed by atoms with Gasteiger partial charge in [-0.1, -0.05) is 35.4 Å². The molecule has 0 radical (unpaired) electrons. The molecule has 1 aliphatic rings. The van der Waals surface area contributed by atoms with Crippen LogP contribution in [0, 0.1) is 6.92 Å². The Bertz CT molecular complexity index is 907. The van der Waals surface area contributed by atoms with Gasteiger partial charge in [0.2, 0.25) is 0 Å². The van der Waals surface area contributed by atoms with Crippen LogP contribution < -0.4 is 0 Å². The van der Waals surface area contributed by atoms with Crippen LogP contribution in [0.5, 0.6) is 0 Å². The number of aromatic nitrogens is 2. The standard InChI is InChI=1S/C23H27N3O/c1-17-6-3-7-19(12-17)22-14-24-25-23(22)20-8-4-10-26(16-20)15-18(2)13-21-9-5-11-27-21/h3,5-7,9,11-14,20H,4,8,10,15-16H2,1-2H3,(H,24,25). The Morgan fingerprint density at radius 1 is 1.33 bits per heavy atom. The molecular weight excluding hydrogens is 334 g/mol. The minimum atomic E-state index is 0.494. The molecule has 0 bridgehead atoms. The molecule has 0 amide bonds. The first kappa shape index (κ1) is 17.8. The molecule has 4 rings (SSSR count). The summed E-state index contributed by atoms with van der Waals surface area (Å²) in [5, 5.41) is 7.67. The highest BCUT2D eigenvalue weighted by molar-refractivity contribution is 5.66. The highest BCUT2D eigenvalue weighted by Crippen LogP contribution is 2.33. The molecule has 1 saturated heterocycles. The van der Waals surface area contributed by atoms with Gasteiger partial charge in [-0.2, -0.15) is 5.10 Å². The summed E-state index contributed by atoms with van der Waals surface area (Å²) < 4.78 is 5.44. The number of hydrogen-bond donors (Lipinski definition) is 1. The molecule has 1 N–H and O–H groups in total. The van der Waals surface area contributed by atoms with Crippen LogP contribution in [0.4, 0.5) is 0 Å². The first-order valence-corrected chi connectivity index (χ1v) is 9.72. The Morgan fingerprint density at radius 3 is 3.07 bits per heavy atom. The quantitative estimate of drug-likeness (QED) is 0.674. The highest BCUT2D eigenvalue weighted by Gasteiger charge is 2.25. The van der Waals surface area contributed by atoms with Gasteiger partial charge in [0.25, 0.3) is 0 Å². The molecule has 4 nitrogen and oxygen atoms in total. The zero-order valence-electron chi connectivity index (χ0n) is 16.1. The van der Waals surface area contributed by atoms with Gasteiger partial charge in [-0.3, -0.25) is 10.00 Å². The van der Waals surface area contributed by atoms with Gasteiger partial charge in [-0.25, -0.2) is 0 Å². The number of nitrogens with zero attached hydrogens (tertiary/aromatic N) is 2. The maximum Gasteiger partial charge on any atom is 0.126 e. The maximum absolute atomic E-state index is 5.44. The van der Waals surface area contributed by atoms with E-state index in [1.54, 1.807) is 6.26 Å². The van der Waals surface area contributed by atoms with Crippen molar-refractivity contribution in [3.05, 3.63) is 71.4 Å². The van der Waals surface area contributed by atoms with Crippen molar-refractivity contribution in [2.75, 3.05) is 19.6 Å². The fourth-order valence-electron chi connectivity index (χ4n) is 4.10. The van der Waals surface area contributed by atoms with Gasteiger partial charge in [0, 0.05) is 30.3 Å². The molecule has 0 aliphatic carbocycles. The summed E-state index contributed by atoms with van der Waals surface area (Å²) in [6, 6.07) is 12.6. The van der Waals surface area contributed by atoms with E-state index in [0.717, 1.165) is 25.4 Å². The summed E-state index contributed by atoms with van der Waals surface area (Å²) in [7, 11) is 0. The van der Waals surface area contributed by atoms with Gasteiger partial charge in [0.15, 0.2) is 0 Å². The molecule has 3 aromatic rings. The van der Waals surface area contributed by atoms with E-state index in [0.29, 0.717) is 5.92 Å². The van der Waals surface area contributed by atoms with Crippen molar-refractivity contribution in [2.24, 2.45) is 0 Å². The lowest BCUT2D eigenvalue weighted by Gasteiger charge is -2.33. The van der Waals surface area contributed by atoms with E-state index in [4.69, 9.17) is 4.42 Å². The third-order valence-electron chi connectivity index (χ3n) is 5.32. The van der Waals surface area contributed by atoms with E-state index in [1.807, 2.05) is 18.3 Å². The van der Waals surface area contributed by atoms with Crippen molar-refractivity contribution in [1.82, 2.24) is 15.1 Å². The molecule has 0 saturated carbocycles. The van der Waals surface area contributed by atoms with Crippen LogP contribution >= 0.6 is 0 Å². The molecule has 4 heteroatoms. The lowest BCUT2D eigenvalue weighted by atomic mass is 9.90. The molecule has 3 heterocycles. The molecule has 27 heavy (non-hydrogen) atoms. The van der Waals surface area contributed by atoms with Gasteiger partial charge in [0.05, 0.1) is 12.5 Å². The zero-order chi connectivity index (χ0) is 18.6. The number of H-pyrrole nitrogens is 1. The van der Waals surface area contributed by atoms with Crippen LogP contribution in [0.3, 0.4) is 0 Å². The number of piperidine rings is 1. The normalized spacial score (nSPS) is 18.7. The first-order chi connectivity index (χ1) is 13.2. The number of hydrogen-bond acceptors (Lipinski definition) is 3. The van der Waals surface area contributed by atoms with Crippen LogP contribution in [-0.4, -0.2) is 34.7 Å². The minimum Gasteiger partial charge on any atom is -0.465 e. The van der Waals surface area contributed by atoms with Gasteiger partial charge in [-0.05, 0) is 57.0 Å². The number of likely N-dealkylation sites (tertiary alicyclic amines) is 1. The zero-order valence-corrected chi connectivity index (χ0v) is 16.1. The predicted molar refractivity (Wildman–Crippen MR) is 110 cm³/mol. The summed E-state index contributed by atoms with van der Waals surface area (Å²) in [4.78, 5) is 2.55. The number of benzene rings is 1. The molecule has 1 unspecified atom stereocenters. The fraction of sp³-hybridized carbons (Fsp3) is 0.348. The topological polar surface area (TPSA) is 45.1 Å². The first-order valence-electron chi connectivity index (χ1n) is 9.72. The Balaban J connectivity index is 1.48. The Morgan fingerprint density at radius 2 is 2.26 bits per heavy atom. The van der Waals surface area contributed by atoms with E-state index in [1.165, 1.54) is 40.8 Å². The third kappa shape index (κ3) is 4.22. The monoisotopic (exact) mass is 361 g/mol. The fourth-order valence-corrected chi connectivity index (χ4v) is 4.10. The molecule has 1 fully saturated rings. The Hall–Kier alpha value is -2.59.